The number of allylic oxidation sites excluding steroid dienone is 1. The molecule has 0 aromatic heterocycles. The van der Waals surface area contributed by atoms with E-state index in [2.05, 4.69) is 47.6 Å². The van der Waals surface area contributed by atoms with E-state index in [1.165, 1.54) is 5.57 Å². The first-order valence-corrected chi connectivity index (χ1v) is 28.4. The molecule has 4 aliphatic carbocycles. The van der Waals surface area contributed by atoms with Gasteiger partial charge in [0.05, 0.1) is 49.8 Å². The van der Waals surface area contributed by atoms with Gasteiger partial charge in [-0.3, -0.25) is 0 Å². The van der Waals surface area contributed by atoms with Gasteiger partial charge in [0.15, 0.2) is 25.2 Å². The van der Waals surface area contributed by atoms with Gasteiger partial charge in [0.1, 0.15) is 91.6 Å². The van der Waals surface area contributed by atoms with E-state index in [9.17, 15) is 76.6 Å². The van der Waals surface area contributed by atoms with Crippen LogP contribution in [0.25, 0.3) is 0 Å². The highest BCUT2D eigenvalue weighted by molar-refractivity contribution is 5.32. The van der Waals surface area contributed by atoms with Crippen molar-refractivity contribution in [2.24, 2.45) is 45.3 Å². The van der Waals surface area contributed by atoms with Gasteiger partial charge in [-0.05, 0) is 106 Å². The normalized spacial score (nSPS) is 51.4. The van der Waals surface area contributed by atoms with Crippen LogP contribution in [0.1, 0.15) is 120 Å². The largest absolute Gasteiger partial charge is 0.394 e. The maximum Gasteiger partial charge on any atom is 0.187 e. The Morgan fingerprint density at radius 1 is 0.615 bits per heavy atom. The van der Waals surface area contributed by atoms with Gasteiger partial charge >= 0.3 is 0 Å². The number of hydrogen-bond acceptors (Lipinski definition) is 23. The number of aliphatic hydroxyl groups is 15. The van der Waals surface area contributed by atoms with Gasteiger partial charge in [0.2, 0.25) is 0 Å². The smallest absolute Gasteiger partial charge is 0.187 e. The lowest BCUT2D eigenvalue weighted by Crippen LogP contribution is -2.65. The second-order valence-corrected chi connectivity index (χ2v) is 26.1. The Morgan fingerprint density at radius 3 is 1.71 bits per heavy atom. The minimum absolute atomic E-state index is 0.0160. The summed E-state index contributed by atoms with van der Waals surface area (Å²) >= 11 is 0. The molecule has 3 saturated carbocycles. The SMILES string of the molecule is CC[C@H]1O[C@H](OC[C@H]2O[C@@H](O[C@H](CC[C@@H](C)C3CC[C@@]4(C)C5CC=C6C(CC[C@H](O[C@@H]7O[C@H](CO)[C@@H](O)[C@H](O)[C@H]7O)C6(C)C)[C@]5(C)[C@H](O)C[C@]34C)C(C)(C)O)[C@H](O[C@@H]3O[C@H](CO)[C@@H](O)[C@H](O)[C@H]3O)[C@@H](O)[C@@H]2O)[C@H](O)[C@@H](O)[C@@H]1O. The molecular formula is C55H94O23. The highest BCUT2D eigenvalue weighted by Gasteiger charge is 2.70. The summed E-state index contributed by atoms with van der Waals surface area (Å²) in [5.74, 6) is 0.276. The molecule has 0 amide bonds. The zero-order valence-electron chi connectivity index (χ0n) is 46.6. The van der Waals surface area contributed by atoms with Crippen molar-refractivity contribution in [2.75, 3.05) is 19.8 Å². The number of fused-ring (bicyclic) bond motifs is 5. The molecule has 3 unspecified atom stereocenters. The minimum Gasteiger partial charge on any atom is -0.394 e. The van der Waals surface area contributed by atoms with Crippen molar-refractivity contribution in [1.82, 2.24) is 0 Å². The molecule has 15 N–H and O–H groups in total. The van der Waals surface area contributed by atoms with Crippen molar-refractivity contribution in [3.8, 4) is 0 Å². The molecule has 23 heteroatoms. The Morgan fingerprint density at radius 2 is 1.14 bits per heavy atom. The summed E-state index contributed by atoms with van der Waals surface area (Å²) in [6.45, 7) is 16.2. The zero-order valence-corrected chi connectivity index (χ0v) is 46.6. The average molecular weight is 1120 g/mol. The summed E-state index contributed by atoms with van der Waals surface area (Å²) in [5, 5.41) is 163. The molecule has 4 heterocycles. The molecule has 0 spiro atoms. The maximum atomic E-state index is 12.7. The van der Waals surface area contributed by atoms with Crippen LogP contribution in [0.5, 0.6) is 0 Å². The first kappa shape index (κ1) is 62.9. The van der Waals surface area contributed by atoms with E-state index >= 15 is 0 Å². The van der Waals surface area contributed by atoms with Crippen molar-refractivity contribution in [2.45, 2.75) is 267 Å². The average Bonchev–Trinajstić information content (AvgIpc) is 3.09. The van der Waals surface area contributed by atoms with Crippen LogP contribution in [0, 0.1) is 45.3 Å². The fourth-order valence-corrected chi connectivity index (χ4v) is 15.8. The summed E-state index contributed by atoms with van der Waals surface area (Å²) in [6, 6.07) is 0. The van der Waals surface area contributed by atoms with Crippen LogP contribution in [0.2, 0.25) is 0 Å². The third-order valence-corrected chi connectivity index (χ3v) is 21.0. The number of ether oxygens (including phenoxy) is 8. The van der Waals surface area contributed by atoms with Crippen molar-refractivity contribution in [3.63, 3.8) is 0 Å². The third-order valence-electron chi connectivity index (χ3n) is 21.0. The van der Waals surface area contributed by atoms with E-state index in [-0.39, 0.29) is 47.3 Å². The summed E-state index contributed by atoms with van der Waals surface area (Å²) in [7, 11) is 0. The Hall–Kier alpha value is -1.18. The molecule has 8 aliphatic rings. The number of aliphatic hydroxyl groups excluding tert-OH is 14. The highest BCUT2D eigenvalue weighted by Crippen LogP contribution is 2.75. The quantitative estimate of drug-likeness (QED) is 0.0714. The first-order valence-electron chi connectivity index (χ1n) is 28.4. The fourth-order valence-electron chi connectivity index (χ4n) is 15.8. The molecule has 0 bridgehead atoms. The first-order chi connectivity index (χ1) is 36.4. The minimum atomic E-state index is -1.91. The Labute approximate surface area is 457 Å². The molecule has 4 aliphatic heterocycles. The van der Waals surface area contributed by atoms with Crippen LogP contribution in [-0.4, -0.2) is 243 Å². The molecule has 0 aromatic rings. The third kappa shape index (κ3) is 11.0. The predicted octanol–water partition coefficient (Wildman–Crippen LogP) is -1.81. The molecule has 30 atom stereocenters. The monoisotopic (exact) mass is 1120 g/mol. The lowest BCUT2D eigenvalue weighted by molar-refractivity contribution is -0.380. The van der Waals surface area contributed by atoms with Crippen LogP contribution < -0.4 is 0 Å². The van der Waals surface area contributed by atoms with Gasteiger partial charge in [-0.15, -0.1) is 0 Å². The van der Waals surface area contributed by atoms with E-state index in [1.54, 1.807) is 20.8 Å². The van der Waals surface area contributed by atoms with Crippen LogP contribution in [-0.2, 0) is 37.9 Å². The molecule has 4 saturated heterocycles. The Kier molecular flexibility index (Phi) is 19.1. The summed E-state index contributed by atoms with van der Waals surface area (Å²) in [5.41, 5.74) is -1.99. The fraction of sp³-hybridized carbons (Fsp3) is 0.964. The molecule has 78 heavy (non-hydrogen) atoms. The van der Waals surface area contributed by atoms with E-state index in [4.69, 9.17) is 37.9 Å². The van der Waals surface area contributed by atoms with Crippen LogP contribution in [0.15, 0.2) is 11.6 Å². The topological polar surface area (TPSA) is 377 Å². The van der Waals surface area contributed by atoms with E-state index in [0.717, 1.165) is 19.3 Å². The molecule has 7 fully saturated rings. The van der Waals surface area contributed by atoms with E-state index in [1.807, 2.05) is 0 Å². The Balaban J connectivity index is 0.987. The van der Waals surface area contributed by atoms with Gasteiger partial charge in [-0.2, -0.15) is 0 Å². The standard InChI is InChI=1S/C55H94O23/c1-10-27-35(59)39(63)43(67)47(72-27)71-22-30-38(62)42(66)46(78-49-45(69)41(65)37(61)29(21-57)74-49)50(75-30)77-34(52(5,6)70)15-11-23(2)24-17-18-53(7)31-14-12-25-26(55(31,9)32(58)19-54(24,53)8)13-16-33(51(25,3)4)76-48-44(68)40(64)36(60)28(20-56)73-48/h12,23-24,26-50,56-70H,10-11,13-22H2,1-9H3/t23-,24?,26?,27-,28-,29-,30-,31?,32-,33+,34-,35-,36-,37-,38-,39+,40+,41+,42+,43-,44-,45-,46-,47+,48+,49+,50+,53+,54-,55+/m1/s1. The van der Waals surface area contributed by atoms with Crippen molar-refractivity contribution >= 4 is 0 Å². The maximum absolute atomic E-state index is 12.7. The van der Waals surface area contributed by atoms with Crippen LogP contribution >= 0.6 is 0 Å². The predicted molar refractivity (Wildman–Crippen MR) is 271 cm³/mol. The van der Waals surface area contributed by atoms with Crippen molar-refractivity contribution in [1.29, 1.82) is 0 Å². The van der Waals surface area contributed by atoms with Gasteiger partial charge in [-0.1, -0.05) is 60.1 Å². The molecular weight excluding hydrogens is 1030 g/mol. The van der Waals surface area contributed by atoms with Crippen molar-refractivity contribution < 1.29 is 114 Å². The van der Waals surface area contributed by atoms with Gasteiger partial charge < -0.3 is 114 Å². The van der Waals surface area contributed by atoms with E-state index in [0.29, 0.717) is 25.7 Å². The van der Waals surface area contributed by atoms with Crippen LogP contribution in [0.3, 0.4) is 0 Å². The zero-order chi connectivity index (χ0) is 57.5. The lowest BCUT2D eigenvalue weighted by Gasteiger charge is -2.67. The number of rotatable bonds is 17. The molecule has 452 valence electrons. The van der Waals surface area contributed by atoms with Crippen LogP contribution in [0.4, 0.5) is 0 Å². The molecule has 0 radical (unpaired) electrons. The van der Waals surface area contributed by atoms with Gasteiger partial charge in [0.25, 0.3) is 0 Å². The molecule has 8 rings (SSSR count). The van der Waals surface area contributed by atoms with Gasteiger partial charge in [-0.25, -0.2) is 0 Å². The Bertz CT molecular complexity index is 2020. The van der Waals surface area contributed by atoms with Gasteiger partial charge in [0, 0.05) is 10.8 Å². The molecule has 0 aromatic carbocycles. The molecule has 23 nitrogen and oxygen atoms in total. The summed E-state index contributed by atoms with van der Waals surface area (Å²) in [4.78, 5) is 0. The number of hydrogen-bond donors (Lipinski definition) is 15. The van der Waals surface area contributed by atoms with Crippen molar-refractivity contribution in [3.05, 3.63) is 11.6 Å². The second-order valence-electron chi connectivity index (χ2n) is 26.1. The second kappa shape index (κ2) is 23.7. The van der Waals surface area contributed by atoms with E-state index < -0.39 is 177 Å². The highest BCUT2D eigenvalue weighted by atomic mass is 16.8. The summed E-state index contributed by atoms with van der Waals surface area (Å²) in [6.07, 6.45) is -25.7. The lowest BCUT2D eigenvalue weighted by atomic mass is 9.38. The summed E-state index contributed by atoms with van der Waals surface area (Å²) < 4.78 is 48.2.